The number of piperidine rings is 2. The molecule has 0 saturated carbocycles. The third-order valence-corrected chi connectivity index (χ3v) is 9.05. The molecule has 43 heavy (non-hydrogen) atoms. The highest BCUT2D eigenvalue weighted by Gasteiger charge is 2.50. The van der Waals surface area contributed by atoms with Crippen LogP contribution in [0.2, 0.25) is 0 Å². The fourth-order valence-corrected chi connectivity index (χ4v) is 6.54. The number of carboxylic acids is 1. The number of nitrogens with zero attached hydrogens (tertiary/aromatic N) is 3. The molecule has 4 rings (SSSR count). The number of rotatable bonds is 8. The number of hydrogen-bond donors (Lipinski definition) is 1. The first-order valence-electron chi connectivity index (χ1n) is 15.2. The lowest BCUT2D eigenvalue weighted by Crippen LogP contribution is -2.61. The minimum Gasteiger partial charge on any atom is -0.475 e. The van der Waals surface area contributed by atoms with Gasteiger partial charge in [0, 0.05) is 76.7 Å². The number of methoxy groups -OCH3 is 1. The first-order valence-corrected chi connectivity index (χ1v) is 15.2. The molecule has 3 heterocycles. The number of halogens is 3. The van der Waals surface area contributed by atoms with E-state index in [0.29, 0.717) is 25.1 Å². The number of carbonyl (C=O) groups is 3. The molecule has 3 aliphatic rings. The summed E-state index contributed by atoms with van der Waals surface area (Å²) in [6, 6.07) is 6.57. The highest BCUT2D eigenvalue weighted by atomic mass is 19.4. The summed E-state index contributed by atoms with van der Waals surface area (Å²) in [7, 11) is 1.67. The summed E-state index contributed by atoms with van der Waals surface area (Å²) in [6.45, 7) is 11.7. The smallest absolute Gasteiger partial charge is 0.475 e. The van der Waals surface area contributed by atoms with E-state index >= 15 is 0 Å². The molecule has 1 atom stereocenters. The number of likely N-dealkylation sites (tertiary alicyclic amines) is 2. The maximum absolute atomic E-state index is 13.2. The number of carboxylic acid groups (broad SMARTS) is 1. The molecule has 9 nitrogen and oxygen atoms in total. The summed E-state index contributed by atoms with van der Waals surface area (Å²) >= 11 is 0. The Bertz CT molecular complexity index is 1080. The van der Waals surface area contributed by atoms with Gasteiger partial charge < -0.3 is 24.4 Å². The van der Waals surface area contributed by atoms with Crippen LogP contribution in [0.5, 0.6) is 0 Å². The fourth-order valence-electron chi connectivity index (χ4n) is 6.54. The van der Waals surface area contributed by atoms with Crippen LogP contribution < -0.4 is 0 Å². The second-order valence-corrected chi connectivity index (χ2v) is 11.8. The average Bonchev–Trinajstić information content (AvgIpc) is 2.96. The van der Waals surface area contributed by atoms with E-state index < -0.39 is 12.1 Å². The zero-order chi connectivity index (χ0) is 31.8. The van der Waals surface area contributed by atoms with Crippen molar-refractivity contribution in [3.05, 3.63) is 34.9 Å². The van der Waals surface area contributed by atoms with Crippen LogP contribution in [0.15, 0.2) is 18.2 Å². The summed E-state index contributed by atoms with van der Waals surface area (Å²) in [5.74, 6) is -2.20. The van der Waals surface area contributed by atoms with E-state index in [-0.39, 0.29) is 17.6 Å². The number of alkyl halides is 3. The number of ether oxygens (including phenoxy) is 2. The van der Waals surface area contributed by atoms with E-state index in [1.165, 1.54) is 6.42 Å². The summed E-state index contributed by atoms with van der Waals surface area (Å²) in [5.41, 5.74) is 2.66. The summed E-state index contributed by atoms with van der Waals surface area (Å²) in [6.07, 6.45) is 2.00. The summed E-state index contributed by atoms with van der Waals surface area (Å²) < 4.78 is 43.2. The molecule has 3 saturated heterocycles. The van der Waals surface area contributed by atoms with Crippen molar-refractivity contribution in [1.82, 2.24) is 14.7 Å². The number of hydrogen-bond acceptors (Lipinski definition) is 6. The van der Waals surface area contributed by atoms with Crippen molar-refractivity contribution in [2.24, 2.45) is 5.92 Å². The van der Waals surface area contributed by atoms with Gasteiger partial charge in [0.25, 0.3) is 5.91 Å². The highest BCUT2D eigenvalue weighted by molar-refractivity contribution is 5.97. The molecule has 0 aliphatic carbocycles. The second kappa shape index (κ2) is 15.2. The molecule has 3 aliphatic heterocycles. The Morgan fingerprint density at radius 1 is 1.09 bits per heavy atom. The zero-order valence-corrected chi connectivity index (χ0v) is 25.8. The molecule has 1 aromatic carbocycles. The van der Waals surface area contributed by atoms with Crippen LogP contribution >= 0.6 is 0 Å². The van der Waals surface area contributed by atoms with E-state index in [9.17, 15) is 22.8 Å². The first kappa shape index (κ1) is 34.6. The van der Waals surface area contributed by atoms with Gasteiger partial charge in [-0.15, -0.1) is 0 Å². The van der Waals surface area contributed by atoms with Crippen LogP contribution in [0, 0.1) is 19.8 Å². The maximum Gasteiger partial charge on any atom is 0.490 e. The van der Waals surface area contributed by atoms with Crippen LogP contribution in [-0.4, -0.2) is 109 Å². The Labute approximate surface area is 252 Å². The Morgan fingerprint density at radius 2 is 1.67 bits per heavy atom. The lowest BCUT2D eigenvalue weighted by Gasteiger charge is -2.52. The molecular weight excluding hydrogens is 567 g/mol. The number of carbonyl (C=O) groups excluding carboxylic acids is 2. The van der Waals surface area contributed by atoms with Gasteiger partial charge >= 0.3 is 18.2 Å². The Balaban J connectivity index is 0.000000646. The van der Waals surface area contributed by atoms with Crippen LogP contribution in [0.4, 0.5) is 18.0 Å². The quantitative estimate of drug-likeness (QED) is 0.426. The van der Waals surface area contributed by atoms with Gasteiger partial charge in [0.15, 0.2) is 0 Å². The molecule has 1 unspecified atom stereocenters. The lowest BCUT2D eigenvalue weighted by molar-refractivity contribution is -0.192. The van der Waals surface area contributed by atoms with Gasteiger partial charge in [-0.05, 0) is 44.2 Å². The number of aliphatic carboxylic acids is 1. The van der Waals surface area contributed by atoms with Crippen LogP contribution in [0.25, 0.3) is 0 Å². The standard InChI is InChI=1S/C29H45N3O4.C2HF3O2/c1-5-6-10-24-21-32(19-20-35-4)28(34)36-29(24)13-17-30(18-14-29)25-11-15-31(16-12-25)27(33)26-22(2)8-7-9-23(26)3;3-2(4,5)1(6)7/h7-9,24-25H,5-6,10-21H2,1-4H3;(H,6,7). The minimum absolute atomic E-state index is 0.174. The Kier molecular flexibility index (Phi) is 12.3. The topological polar surface area (TPSA) is 99.6 Å². The molecule has 1 N–H and O–H groups in total. The minimum atomic E-state index is -5.08. The number of unbranched alkanes of at least 4 members (excludes halogenated alkanes) is 1. The average molecular weight is 614 g/mol. The lowest BCUT2D eigenvalue weighted by atomic mass is 9.75. The van der Waals surface area contributed by atoms with Crippen molar-refractivity contribution in [2.45, 2.75) is 83.5 Å². The van der Waals surface area contributed by atoms with Crippen molar-refractivity contribution >= 4 is 18.0 Å². The van der Waals surface area contributed by atoms with Crippen molar-refractivity contribution in [2.75, 3.05) is 53.0 Å². The third-order valence-electron chi connectivity index (χ3n) is 9.05. The van der Waals surface area contributed by atoms with Crippen molar-refractivity contribution < 1.29 is 42.1 Å². The summed E-state index contributed by atoms with van der Waals surface area (Å²) in [5, 5.41) is 7.12. The molecule has 3 fully saturated rings. The first-order chi connectivity index (χ1) is 20.3. The van der Waals surface area contributed by atoms with E-state index in [0.717, 1.165) is 87.9 Å². The Morgan fingerprint density at radius 3 is 2.19 bits per heavy atom. The molecular formula is C31H46F3N3O6. The van der Waals surface area contributed by atoms with Crippen molar-refractivity contribution in [3.63, 3.8) is 0 Å². The van der Waals surface area contributed by atoms with Crippen molar-refractivity contribution in [1.29, 1.82) is 0 Å². The molecule has 1 spiro atoms. The highest BCUT2D eigenvalue weighted by Crippen LogP contribution is 2.41. The monoisotopic (exact) mass is 613 g/mol. The van der Waals surface area contributed by atoms with Gasteiger partial charge in [0.05, 0.1) is 6.61 Å². The molecule has 2 amide bonds. The van der Waals surface area contributed by atoms with E-state index in [1.54, 1.807) is 7.11 Å². The summed E-state index contributed by atoms with van der Waals surface area (Å²) in [4.78, 5) is 41.4. The van der Waals surface area contributed by atoms with E-state index in [4.69, 9.17) is 19.4 Å². The maximum atomic E-state index is 13.2. The van der Waals surface area contributed by atoms with E-state index in [2.05, 4.69) is 11.8 Å². The molecule has 0 bridgehead atoms. The van der Waals surface area contributed by atoms with Crippen LogP contribution in [0.1, 0.15) is 73.4 Å². The largest absolute Gasteiger partial charge is 0.490 e. The molecule has 1 aromatic rings. The van der Waals surface area contributed by atoms with Gasteiger partial charge in [0.1, 0.15) is 5.60 Å². The predicted molar refractivity (Wildman–Crippen MR) is 155 cm³/mol. The van der Waals surface area contributed by atoms with Gasteiger partial charge in [-0.1, -0.05) is 38.0 Å². The Hall–Kier alpha value is -2.86. The fraction of sp³-hybridized carbons (Fsp3) is 0.710. The van der Waals surface area contributed by atoms with Gasteiger partial charge in [0.2, 0.25) is 0 Å². The SMILES string of the molecule is CCCCC1CN(CCOC)C(=O)OC12CCN(C1CCN(C(=O)c3c(C)cccc3C)CC1)CC2.O=C(O)C(F)(F)F. The zero-order valence-electron chi connectivity index (χ0n) is 25.8. The predicted octanol–water partition coefficient (Wildman–Crippen LogP) is 5.28. The van der Waals surface area contributed by atoms with Crippen LogP contribution in [-0.2, 0) is 14.3 Å². The molecule has 242 valence electrons. The normalized spacial score (nSPS) is 21.3. The molecule has 12 heteroatoms. The number of amides is 2. The third kappa shape index (κ3) is 8.84. The number of benzene rings is 1. The van der Waals surface area contributed by atoms with Gasteiger partial charge in [-0.2, -0.15) is 13.2 Å². The van der Waals surface area contributed by atoms with Gasteiger partial charge in [-0.25, -0.2) is 9.59 Å². The van der Waals surface area contributed by atoms with Crippen LogP contribution in [0.3, 0.4) is 0 Å². The number of aryl methyl sites for hydroxylation is 2. The van der Waals surface area contributed by atoms with Gasteiger partial charge in [-0.3, -0.25) is 9.69 Å². The van der Waals surface area contributed by atoms with Crippen molar-refractivity contribution in [3.8, 4) is 0 Å². The molecule has 0 radical (unpaired) electrons. The van der Waals surface area contributed by atoms with E-state index in [1.807, 2.05) is 41.8 Å². The second-order valence-electron chi connectivity index (χ2n) is 11.8. The molecule has 0 aromatic heterocycles.